The second-order valence-electron chi connectivity index (χ2n) is 7.19. The molecule has 4 rings (SSSR count). The van der Waals surface area contributed by atoms with Crippen molar-refractivity contribution >= 4 is 23.1 Å². The van der Waals surface area contributed by atoms with Crippen LogP contribution in [0.5, 0.6) is 0 Å². The molecule has 0 amide bonds. The molecule has 2 aliphatic rings. The first-order valence-corrected chi connectivity index (χ1v) is 10.0. The summed E-state index contributed by atoms with van der Waals surface area (Å²) in [6.45, 7) is -0.216. The molecule has 2 aliphatic carbocycles. The molecular weight excluding hydrogens is 370 g/mol. The molecule has 2 aromatic rings. The Morgan fingerprint density at radius 1 is 1.26 bits per heavy atom. The number of aromatic nitrogens is 3. The first-order chi connectivity index (χ1) is 13.1. The molecule has 0 saturated heterocycles. The Hall–Kier alpha value is -2.01. The maximum atomic E-state index is 12.7. The van der Waals surface area contributed by atoms with Gasteiger partial charge in [-0.2, -0.15) is 4.98 Å². The van der Waals surface area contributed by atoms with E-state index in [0.29, 0.717) is 35.5 Å². The molecule has 6 N–H and O–H groups in total. The summed E-state index contributed by atoms with van der Waals surface area (Å²) in [4.78, 5) is 24.2. The molecule has 9 nitrogen and oxygen atoms in total. The van der Waals surface area contributed by atoms with E-state index in [4.69, 9.17) is 0 Å². The molecule has 27 heavy (non-hydrogen) atoms. The maximum Gasteiger partial charge on any atom is 0.263 e. The highest BCUT2D eigenvalue weighted by molar-refractivity contribution is 7.07. The highest BCUT2D eigenvalue weighted by atomic mass is 32.1. The quantitative estimate of drug-likeness (QED) is 0.413. The number of aliphatic hydroxyl groups excluding tert-OH is 3. The van der Waals surface area contributed by atoms with E-state index in [1.54, 1.807) is 10.9 Å². The van der Waals surface area contributed by atoms with E-state index in [0.717, 1.165) is 19.3 Å². The standard InChI is InChI=1S/C17H23N5O4S/c23-5-8-4-10(14(25)13(8)24)20-15-12(11-6-27-7-18-11)16(26)22-17(21-15)19-9-2-1-3-9/h6-10,13-14,23-25H,1-5H2,(H3,19,20,21,22,26). The lowest BCUT2D eigenvalue weighted by molar-refractivity contribution is 0.00446. The van der Waals surface area contributed by atoms with Gasteiger partial charge in [0.1, 0.15) is 17.5 Å². The van der Waals surface area contributed by atoms with Crippen LogP contribution in [-0.2, 0) is 0 Å². The van der Waals surface area contributed by atoms with Crippen molar-refractivity contribution in [1.29, 1.82) is 0 Å². The monoisotopic (exact) mass is 393 g/mol. The van der Waals surface area contributed by atoms with Crippen LogP contribution in [0.3, 0.4) is 0 Å². The van der Waals surface area contributed by atoms with Crippen LogP contribution in [0, 0.1) is 5.92 Å². The average molecular weight is 393 g/mol. The number of hydrogen-bond acceptors (Lipinski definition) is 9. The molecule has 2 saturated carbocycles. The third-order valence-electron chi connectivity index (χ3n) is 5.41. The lowest BCUT2D eigenvalue weighted by atomic mass is 9.93. The highest BCUT2D eigenvalue weighted by Gasteiger charge is 2.41. The van der Waals surface area contributed by atoms with Crippen molar-refractivity contribution in [1.82, 2.24) is 15.0 Å². The Labute approximate surface area is 159 Å². The number of H-pyrrole nitrogens is 1. The summed E-state index contributed by atoms with van der Waals surface area (Å²) >= 11 is 1.37. The highest BCUT2D eigenvalue weighted by Crippen LogP contribution is 2.31. The zero-order valence-electron chi connectivity index (χ0n) is 14.6. The predicted octanol–water partition coefficient (Wildman–Crippen LogP) is 0.372. The Bertz CT molecular complexity index is 838. The molecule has 0 aliphatic heterocycles. The Morgan fingerprint density at radius 3 is 2.67 bits per heavy atom. The van der Waals surface area contributed by atoms with Gasteiger partial charge in [-0.25, -0.2) is 4.98 Å². The molecule has 10 heteroatoms. The Morgan fingerprint density at radius 2 is 2.07 bits per heavy atom. The molecule has 4 unspecified atom stereocenters. The summed E-state index contributed by atoms with van der Waals surface area (Å²) in [6, 6.07) is -0.232. The molecule has 2 heterocycles. The molecular formula is C17H23N5O4S. The fraction of sp³-hybridized carbons (Fsp3) is 0.588. The third kappa shape index (κ3) is 3.57. The minimum absolute atomic E-state index is 0.216. The van der Waals surface area contributed by atoms with Crippen LogP contribution in [0.15, 0.2) is 15.7 Å². The van der Waals surface area contributed by atoms with Gasteiger partial charge in [-0.05, 0) is 25.7 Å². The van der Waals surface area contributed by atoms with Gasteiger partial charge in [-0.15, -0.1) is 11.3 Å². The average Bonchev–Trinajstić information content (AvgIpc) is 3.22. The molecule has 0 radical (unpaired) electrons. The van der Waals surface area contributed by atoms with Gasteiger partial charge in [0.2, 0.25) is 5.95 Å². The third-order valence-corrected chi connectivity index (χ3v) is 6.00. The van der Waals surface area contributed by atoms with E-state index in [2.05, 4.69) is 25.6 Å². The molecule has 4 atom stereocenters. The van der Waals surface area contributed by atoms with Crippen LogP contribution < -0.4 is 16.2 Å². The fourth-order valence-electron chi connectivity index (χ4n) is 3.59. The van der Waals surface area contributed by atoms with Gasteiger partial charge in [-0.3, -0.25) is 9.78 Å². The van der Waals surface area contributed by atoms with Crippen molar-refractivity contribution in [2.45, 2.75) is 50.0 Å². The number of anilines is 2. The Kier molecular flexibility index (Phi) is 5.13. The van der Waals surface area contributed by atoms with E-state index < -0.39 is 24.2 Å². The molecule has 2 aromatic heterocycles. The van der Waals surface area contributed by atoms with E-state index >= 15 is 0 Å². The zero-order valence-corrected chi connectivity index (χ0v) is 15.4. The first kappa shape index (κ1) is 18.4. The summed E-state index contributed by atoms with van der Waals surface area (Å²) in [5.74, 6) is 0.258. The van der Waals surface area contributed by atoms with Gasteiger partial charge in [0.05, 0.1) is 23.4 Å². The van der Waals surface area contributed by atoms with Crippen molar-refractivity contribution in [3.8, 4) is 11.3 Å². The lowest BCUT2D eigenvalue weighted by Crippen LogP contribution is -2.36. The normalized spacial score (nSPS) is 28.1. The van der Waals surface area contributed by atoms with Gasteiger partial charge in [-0.1, -0.05) is 0 Å². The SMILES string of the molecule is O=c1[nH]c(NC2CCC2)nc(NC2CC(CO)C(O)C2O)c1-c1cscn1. The predicted molar refractivity (Wildman–Crippen MR) is 102 cm³/mol. The van der Waals surface area contributed by atoms with E-state index in [1.165, 1.54) is 11.3 Å². The molecule has 0 aromatic carbocycles. The van der Waals surface area contributed by atoms with Crippen molar-refractivity contribution < 1.29 is 15.3 Å². The minimum Gasteiger partial charge on any atom is -0.396 e. The summed E-state index contributed by atoms with van der Waals surface area (Å²) in [5.41, 5.74) is 2.10. The van der Waals surface area contributed by atoms with Crippen LogP contribution in [0.25, 0.3) is 11.3 Å². The van der Waals surface area contributed by atoms with E-state index in [-0.39, 0.29) is 12.2 Å². The number of nitrogens with zero attached hydrogens (tertiary/aromatic N) is 2. The van der Waals surface area contributed by atoms with Crippen LogP contribution in [0.1, 0.15) is 25.7 Å². The summed E-state index contributed by atoms with van der Waals surface area (Å²) in [6.07, 6.45) is 1.51. The number of rotatable bonds is 6. The van der Waals surface area contributed by atoms with Crippen LogP contribution in [0.2, 0.25) is 0 Å². The first-order valence-electron chi connectivity index (χ1n) is 9.09. The van der Waals surface area contributed by atoms with E-state index in [9.17, 15) is 20.1 Å². The number of aliphatic hydroxyl groups is 3. The Balaban J connectivity index is 1.67. The molecule has 2 fully saturated rings. The number of aromatic amines is 1. The summed E-state index contributed by atoms with van der Waals surface area (Å²) in [7, 11) is 0. The van der Waals surface area contributed by atoms with Crippen molar-refractivity contribution in [2.24, 2.45) is 5.92 Å². The van der Waals surface area contributed by atoms with Crippen molar-refractivity contribution in [2.75, 3.05) is 17.2 Å². The fourth-order valence-corrected chi connectivity index (χ4v) is 4.13. The van der Waals surface area contributed by atoms with E-state index in [1.807, 2.05) is 0 Å². The second kappa shape index (κ2) is 7.55. The summed E-state index contributed by atoms with van der Waals surface area (Å²) < 4.78 is 0. The van der Waals surface area contributed by atoms with Crippen molar-refractivity contribution in [3.05, 3.63) is 21.2 Å². The minimum atomic E-state index is -1.06. The molecule has 0 spiro atoms. The van der Waals surface area contributed by atoms with Gasteiger partial charge in [0.25, 0.3) is 5.56 Å². The lowest BCUT2D eigenvalue weighted by Gasteiger charge is -2.27. The van der Waals surface area contributed by atoms with Gasteiger partial charge >= 0.3 is 0 Å². The molecule has 146 valence electrons. The van der Waals surface area contributed by atoms with Crippen molar-refractivity contribution in [3.63, 3.8) is 0 Å². The number of hydrogen-bond donors (Lipinski definition) is 6. The second-order valence-corrected chi connectivity index (χ2v) is 7.91. The molecule has 0 bridgehead atoms. The van der Waals surface area contributed by atoms with Gasteiger partial charge < -0.3 is 26.0 Å². The van der Waals surface area contributed by atoms with Crippen LogP contribution in [-0.4, -0.2) is 61.2 Å². The zero-order chi connectivity index (χ0) is 19.0. The number of thiazole rings is 1. The summed E-state index contributed by atoms with van der Waals surface area (Å²) in [5, 5.41) is 37.8. The van der Waals surface area contributed by atoms with Gasteiger partial charge in [0, 0.05) is 23.9 Å². The topological polar surface area (TPSA) is 143 Å². The smallest absolute Gasteiger partial charge is 0.263 e. The maximum absolute atomic E-state index is 12.7. The van der Waals surface area contributed by atoms with Crippen LogP contribution in [0.4, 0.5) is 11.8 Å². The number of nitrogens with one attached hydrogen (secondary N) is 3. The largest absolute Gasteiger partial charge is 0.396 e. The van der Waals surface area contributed by atoms with Crippen LogP contribution >= 0.6 is 11.3 Å². The van der Waals surface area contributed by atoms with Gasteiger partial charge in [0.15, 0.2) is 0 Å².